The van der Waals surface area contributed by atoms with Gasteiger partial charge in [-0.15, -0.1) is 0 Å². The fraction of sp³-hybridized carbons (Fsp3) is 0.462. The van der Waals surface area contributed by atoms with Gasteiger partial charge in [-0.25, -0.2) is 9.98 Å². The zero-order valence-corrected chi connectivity index (χ0v) is 21.4. The lowest BCUT2D eigenvalue weighted by atomic mass is 9.72. The number of aliphatic imine (C=N–C) groups is 2. The van der Waals surface area contributed by atoms with Gasteiger partial charge < -0.3 is 20.4 Å². The van der Waals surface area contributed by atoms with Crippen LogP contribution < -0.4 is 15.5 Å². The number of likely N-dealkylation sites (N-methyl/N-ethyl adjacent to an activating group) is 1. The molecular formula is C26H36N8O. The minimum absolute atomic E-state index is 0.152. The van der Waals surface area contributed by atoms with Crippen molar-refractivity contribution in [2.75, 3.05) is 50.5 Å². The van der Waals surface area contributed by atoms with E-state index in [4.69, 9.17) is 0 Å². The Labute approximate surface area is 207 Å². The molecule has 0 bridgehead atoms. The van der Waals surface area contributed by atoms with Crippen molar-refractivity contribution in [2.24, 2.45) is 17.0 Å². The van der Waals surface area contributed by atoms with Crippen molar-refractivity contribution in [3.05, 3.63) is 53.0 Å². The minimum atomic E-state index is -0.237. The van der Waals surface area contributed by atoms with E-state index in [-0.39, 0.29) is 11.3 Å². The first-order valence-corrected chi connectivity index (χ1v) is 12.0. The highest BCUT2D eigenvalue weighted by molar-refractivity contribution is 5.97. The van der Waals surface area contributed by atoms with E-state index in [2.05, 4.69) is 75.3 Å². The summed E-state index contributed by atoms with van der Waals surface area (Å²) in [5, 5.41) is 10.5. The van der Waals surface area contributed by atoms with Crippen molar-refractivity contribution in [3.63, 3.8) is 0 Å². The smallest absolute Gasteiger partial charge is 0.271 e. The average Bonchev–Trinajstić information content (AvgIpc) is 3.19. The Bertz CT molecular complexity index is 1150. The van der Waals surface area contributed by atoms with Crippen LogP contribution in [0, 0.1) is 0 Å². The standard InChI is InChI=1S/C26H36N8O/c1-26(2)16-18(15-21-22(26)23(24(35)27-3)31-33(21)6)17-29-25(28-4)30-19-7-9-20(10-8-19)34-13-11-32(5)12-14-34/h7-10,17H,4,11-16H2,1-3,5-6H3,(H,27,35)(H,29,30)/b18-17+. The summed E-state index contributed by atoms with van der Waals surface area (Å²) in [6, 6.07) is 8.36. The predicted octanol–water partition coefficient (Wildman–Crippen LogP) is 2.81. The van der Waals surface area contributed by atoms with Crippen molar-refractivity contribution < 1.29 is 4.79 Å². The summed E-state index contributed by atoms with van der Waals surface area (Å²) in [5.74, 6) is 0.297. The van der Waals surface area contributed by atoms with E-state index in [1.165, 1.54) is 5.69 Å². The molecule has 0 spiro atoms. The molecule has 1 fully saturated rings. The van der Waals surface area contributed by atoms with Crippen molar-refractivity contribution in [1.29, 1.82) is 0 Å². The monoisotopic (exact) mass is 476 g/mol. The van der Waals surface area contributed by atoms with Gasteiger partial charge in [-0.3, -0.25) is 9.48 Å². The normalized spacial score (nSPS) is 19.4. The highest BCUT2D eigenvalue weighted by Crippen LogP contribution is 2.41. The SMILES string of the molecule is C=NC(=N/C=C1\Cc2c(c(C(=O)NC)nn2C)C(C)(C)C1)Nc1ccc(N2CCN(C)CC2)cc1. The van der Waals surface area contributed by atoms with Crippen LogP contribution in [-0.2, 0) is 18.9 Å². The number of benzene rings is 1. The third-order valence-corrected chi connectivity index (χ3v) is 6.86. The molecule has 2 aromatic rings. The number of hydrogen-bond acceptors (Lipinski definition) is 5. The minimum Gasteiger partial charge on any atom is -0.369 e. The van der Waals surface area contributed by atoms with Crippen LogP contribution in [0.5, 0.6) is 0 Å². The number of aromatic nitrogens is 2. The molecule has 4 rings (SSSR count). The molecule has 0 radical (unpaired) electrons. The number of piperazine rings is 1. The number of hydrogen-bond donors (Lipinski definition) is 2. The molecular weight excluding hydrogens is 440 g/mol. The maximum atomic E-state index is 12.4. The first-order valence-electron chi connectivity index (χ1n) is 12.0. The highest BCUT2D eigenvalue weighted by Gasteiger charge is 2.37. The van der Waals surface area contributed by atoms with Crippen molar-refractivity contribution in [1.82, 2.24) is 20.0 Å². The van der Waals surface area contributed by atoms with Gasteiger partial charge in [0.05, 0.1) is 0 Å². The van der Waals surface area contributed by atoms with Gasteiger partial charge in [-0.1, -0.05) is 13.8 Å². The van der Waals surface area contributed by atoms with Crippen LogP contribution in [0.3, 0.4) is 0 Å². The first kappa shape index (κ1) is 24.7. The molecule has 2 aliphatic rings. The molecule has 35 heavy (non-hydrogen) atoms. The Hall–Kier alpha value is -3.46. The van der Waals surface area contributed by atoms with Crippen LogP contribution in [0.4, 0.5) is 11.4 Å². The molecule has 1 saturated heterocycles. The van der Waals surface area contributed by atoms with E-state index in [1.807, 2.05) is 30.1 Å². The predicted molar refractivity (Wildman–Crippen MR) is 143 cm³/mol. The van der Waals surface area contributed by atoms with Gasteiger partial charge in [0.15, 0.2) is 5.69 Å². The zero-order valence-electron chi connectivity index (χ0n) is 21.4. The van der Waals surface area contributed by atoms with Gasteiger partial charge in [-0.05, 0) is 55.4 Å². The summed E-state index contributed by atoms with van der Waals surface area (Å²) < 4.78 is 1.81. The Balaban J connectivity index is 1.49. The number of amides is 1. The first-order chi connectivity index (χ1) is 16.7. The van der Waals surface area contributed by atoms with E-state index in [0.29, 0.717) is 18.1 Å². The van der Waals surface area contributed by atoms with Crippen LogP contribution in [0.1, 0.15) is 42.0 Å². The summed E-state index contributed by atoms with van der Waals surface area (Å²) in [5.41, 5.74) is 5.63. The third-order valence-electron chi connectivity index (χ3n) is 6.86. The average molecular weight is 477 g/mol. The Morgan fingerprint density at radius 2 is 1.83 bits per heavy atom. The molecule has 1 aromatic carbocycles. The number of nitrogens with zero attached hydrogens (tertiary/aromatic N) is 6. The van der Waals surface area contributed by atoms with Crippen LogP contribution in [0.15, 0.2) is 46.0 Å². The molecule has 0 atom stereocenters. The summed E-state index contributed by atoms with van der Waals surface area (Å²) in [6.07, 6.45) is 3.34. The largest absolute Gasteiger partial charge is 0.369 e. The third kappa shape index (κ3) is 5.30. The summed E-state index contributed by atoms with van der Waals surface area (Å²) in [6.45, 7) is 12.2. The maximum Gasteiger partial charge on any atom is 0.271 e. The summed E-state index contributed by atoms with van der Waals surface area (Å²) in [7, 11) is 5.68. The van der Waals surface area contributed by atoms with Crippen LogP contribution in [-0.4, -0.2) is 73.5 Å². The lowest BCUT2D eigenvalue weighted by molar-refractivity contribution is 0.0955. The number of nitrogens with one attached hydrogen (secondary N) is 2. The lowest BCUT2D eigenvalue weighted by Gasteiger charge is -2.34. The Morgan fingerprint density at radius 3 is 2.46 bits per heavy atom. The number of carbonyl (C=O) groups is 1. The molecule has 9 heteroatoms. The van der Waals surface area contributed by atoms with E-state index >= 15 is 0 Å². The van der Waals surface area contributed by atoms with Crippen molar-refractivity contribution in [2.45, 2.75) is 32.1 Å². The fourth-order valence-corrected chi connectivity index (χ4v) is 4.99. The molecule has 9 nitrogen and oxygen atoms in total. The van der Waals surface area contributed by atoms with Gasteiger partial charge in [0.2, 0.25) is 5.96 Å². The topological polar surface area (TPSA) is 90.2 Å². The van der Waals surface area contributed by atoms with Crippen LogP contribution >= 0.6 is 0 Å². The van der Waals surface area contributed by atoms with Gasteiger partial charge in [-0.2, -0.15) is 5.10 Å². The fourth-order valence-electron chi connectivity index (χ4n) is 4.99. The Morgan fingerprint density at radius 1 is 1.14 bits per heavy atom. The molecule has 1 amide bonds. The van der Waals surface area contributed by atoms with Crippen LogP contribution in [0.25, 0.3) is 0 Å². The number of carbonyl (C=O) groups excluding carboxylic acids is 1. The molecule has 0 unspecified atom stereocenters. The number of fused-ring (bicyclic) bond motifs is 1. The number of aryl methyl sites for hydroxylation is 1. The van der Waals surface area contributed by atoms with Crippen molar-refractivity contribution >= 4 is 30.0 Å². The lowest BCUT2D eigenvalue weighted by Crippen LogP contribution is -2.44. The van der Waals surface area contributed by atoms with Crippen molar-refractivity contribution in [3.8, 4) is 0 Å². The second-order valence-corrected chi connectivity index (χ2v) is 9.97. The van der Waals surface area contributed by atoms with E-state index in [0.717, 1.165) is 55.1 Å². The molecule has 1 aliphatic heterocycles. The van der Waals surface area contributed by atoms with Gasteiger partial charge in [0.25, 0.3) is 5.91 Å². The van der Waals surface area contributed by atoms with Crippen LogP contribution in [0.2, 0.25) is 0 Å². The molecule has 2 heterocycles. The number of rotatable bonds is 4. The van der Waals surface area contributed by atoms with E-state index in [9.17, 15) is 4.79 Å². The highest BCUT2D eigenvalue weighted by atomic mass is 16.1. The van der Waals surface area contributed by atoms with Gasteiger partial charge in [0.1, 0.15) is 0 Å². The number of guanidine groups is 1. The molecule has 0 saturated carbocycles. The molecule has 186 valence electrons. The second-order valence-electron chi connectivity index (χ2n) is 9.97. The molecule has 1 aliphatic carbocycles. The zero-order chi connectivity index (χ0) is 25.2. The van der Waals surface area contributed by atoms with Gasteiger partial charge in [0, 0.05) is 75.5 Å². The molecule has 2 N–H and O–H groups in total. The molecule has 1 aromatic heterocycles. The maximum absolute atomic E-state index is 12.4. The van der Waals surface area contributed by atoms with Gasteiger partial charge >= 0.3 is 0 Å². The summed E-state index contributed by atoms with van der Waals surface area (Å²) >= 11 is 0. The quantitative estimate of drug-likeness (QED) is 0.523. The van der Waals surface area contributed by atoms with E-state index < -0.39 is 0 Å². The Kier molecular flexibility index (Phi) is 7.07. The number of allylic oxidation sites excluding steroid dienone is 1. The second kappa shape index (κ2) is 10.0. The summed E-state index contributed by atoms with van der Waals surface area (Å²) in [4.78, 5) is 25.8. The number of anilines is 2. The van der Waals surface area contributed by atoms with E-state index in [1.54, 1.807) is 7.05 Å².